The first-order valence-corrected chi connectivity index (χ1v) is 18.7. The van der Waals surface area contributed by atoms with Gasteiger partial charge in [0.05, 0.1) is 30.9 Å². The molecule has 1 saturated heterocycles. The summed E-state index contributed by atoms with van der Waals surface area (Å²) < 4.78 is 21.4. The van der Waals surface area contributed by atoms with E-state index >= 15 is 4.79 Å². The molecule has 0 bridgehead atoms. The molecule has 0 radical (unpaired) electrons. The van der Waals surface area contributed by atoms with Gasteiger partial charge in [0.2, 0.25) is 6.79 Å². The van der Waals surface area contributed by atoms with Gasteiger partial charge in [0, 0.05) is 68.5 Å². The fourth-order valence-corrected chi connectivity index (χ4v) is 8.29. The molecule has 13 nitrogen and oxygen atoms in total. The average molecular weight is 730 g/mol. The zero-order chi connectivity index (χ0) is 36.8. The highest BCUT2D eigenvalue weighted by atomic mass is 16.7. The van der Waals surface area contributed by atoms with Crippen molar-refractivity contribution in [3.8, 4) is 28.5 Å². The van der Waals surface area contributed by atoms with Gasteiger partial charge in [-0.15, -0.1) is 10.2 Å². The number of phenolic OH excluding ortho intramolecular Hbond substituents is 1. The predicted molar refractivity (Wildman–Crippen MR) is 200 cm³/mol. The number of aromatic hydroxyl groups is 1. The van der Waals surface area contributed by atoms with Crippen LogP contribution < -0.4 is 14.4 Å². The number of aromatic nitrogens is 4. The summed E-state index contributed by atoms with van der Waals surface area (Å²) in [5, 5.41) is 18.4. The van der Waals surface area contributed by atoms with Crippen LogP contribution in [0.4, 0.5) is 5.69 Å². The molecule has 6 heterocycles. The Bertz CT molecular complexity index is 2210. The minimum absolute atomic E-state index is 0.0402. The molecule has 54 heavy (non-hydrogen) atoms. The normalized spacial score (nSPS) is 17.9. The molecule has 1 atom stereocenters. The second kappa shape index (κ2) is 14.3. The van der Waals surface area contributed by atoms with Crippen molar-refractivity contribution in [2.24, 2.45) is 7.05 Å². The lowest BCUT2D eigenvalue weighted by Crippen LogP contribution is -2.52. The molecule has 2 aromatic heterocycles. The first-order valence-electron chi connectivity index (χ1n) is 18.7. The quantitative estimate of drug-likeness (QED) is 0.240. The number of hydrogen-bond donors (Lipinski definition) is 1. The first-order chi connectivity index (χ1) is 26.4. The van der Waals surface area contributed by atoms with Crippen molar-refractivity contribution >= 4 is 17.5 Å². The maximum Gasteiger partial charge on any atom is 0.260 e. The third-order valence-electron chi connectivity index (χ3n) is 11.2. The summed E-state index contributed by atoms with van der Waals surface area (Å²) in [7, 11) is 1.85. The summed E-state index contributed by atoms with van der Waals surface area (Å²) >= 11 is 0. The lowest BCUT2D eigenvalue weighted by atomic mass is 9.92. The zero-order valence-electron chi connectivity index (χ0n) is 30.3. The fourth-order valence-electron chi connectivity index (χ4n) is 8.29. The van der Waals surface area contributed by atoms with Gasteiger partial charge in [-0.05, 0) is 79.3 Å². The molecular weight excluding hydrogens is 686 g/mol. The molecule has 0 unspecified atom stereocenters. The predicted octanol–water partition coefficient (Wildman–Crippen LogP) is 4.80. The van der Waals surface area contributed by atoms with Crippen molar-refractivity contribution in [2.45, 2.75) is 51.4 Å². The maximum atomic E-state index is 15.2. The summed E-state index contributed by atoms with van der Waals surface area (Å²) in [5.41, 5.74) is 6.55. The molecule has 0 spiro atoms. The highest BCUT2D eigenvalue weighted by Crippen LogP contribution is 2.42. The topological polar surface area (TPSA) is 127 Å². The van der Waals surface area contributed by atoms with Gasteiger partial charge in [-0.1, -0.05) is 24.3 Å². The summed E-state index contributed by atoms with van der Waals surface area (Å²) in [6, 6.07) is 20.6. The third kappa shape index (κ3) is 6.36. The van der Waals surface area contributed by atoms with Crippen molar-refractivity contribution in [1.82, 2.24) is 29.1 Å². The number of morpholine rings is 1. The smallest absolute Gasteiger partial charge is 0.260 e. The van der Waals surface area contributed by atoms with Crippen LogP contribution in [0.3, 0.4) is 0 Å². The van der Waals surface area contributed by atoms with Crippen LogP contribution in [0, 0.1) is 0 Å². The number of carbonyl (C=O) groups is 2. The zero-order valence-corrected chi connectivity index (χ0v) is 30.3. The van der Waals surface area contributed by atoms with Crippen LogP contribution in [0.15, 0.2) is 73.1 Å². The molecule has 1 fully saturated rings. The number of hydrogen-bond acceptors (Lipinski definition) is 9. The Kier molecular flexibility index (Phi) is 9.03. The number of amides is 2. The third-order valence-corrected chi connectivity index (χ3v) is 11.2. The van der Waals surface area contributed by atoms with Crippen molar-refractivity contribution < 1.29 is 28.9 Å². The van der Waals surface area contributed by atoms with Gasteiger partial charge in [0.1, 0.15) is 12.1 Å². The number of nitrogens with zero attached hydrogens (tertiary/aromatic N) is 7. The van der Waals surface area contributed by atoms with E-state index in [1.807, 2.05) is 36.2 Å². The van der Waals surface area contributed by atoms with Gasteiger partial charge in [-0.2, -0.15) is 0 Å². The highest BCUT2D eigenvalue weighted by molar-refractivity contribution is 6.09. The Hall–Kier alpha value is -5.66. The van der Waals surface area contributed by atoms with E-state index in [2.05, 4.69) is 37.9 Å². The highest BCUT2D eigenvalue weighted by Gasteiger charge is 2.36. The summed E-state index contributed by atoms with van der Waals surface area (Å²) in [4.78, 5) is 36.1. The van der Waals surface area contributed by atoms with Crippen LogP contribution in [-0.2, 0) is 44.3 Å². The van der Waals surface area contributed by atoms with E-state index in [4.69, 9.17) is 14.2 Å². The number of fused-ring (bicyclic) bond motifs is 3. The minimum Gasteiger partial charge on any atom is -0.508 e. The number of anilines is 1. The van der Waals surface area contributed by atoms with E-state index < -0.39 is 0 Å². The molecule has 5 aromatic rings. The molecular formula is C41H43N7O6. The van der Waals surface area contributed by atoms with Gasteiger partial charge < -0.3 is 38.3 Å². The van der Waals surface area contributed by atoms with E-state index in [1.165, 1.54) is 5.56 Å². The van der Waals surface area contributed by atoms with Crippen LogP contribution in [0.25, 0.3) is 11.3 Å². The van der Waals surface area contributed by atoms with Crippen LogP contribution in [0.1, 0.15) is 56.2 Å². The number of benzene rings is 3. The van der Waals surface area contributed by atoms with Crippen LogP contribution in [0.5, 0.6) is 17.2 Å². The molecule has 4 aliphatic rings. The Morgan fingerprint density at radius 3 is 2.48 bits per heavy atom. The van der Waals surface area contributed by atoms with Crippen molar-refractivity contribution in [3.63, 3.8) is 0 Å². The molecule has 9 rings (SSSR count). The Labute approximate surface area is 313 Å². The van der Waals surface area contributed by atoms with Gasteiger partial charge in [-0.3, -0.25) is 14.5 Å². The van der Waals surface area contributed by atoms with E-state index in [0.717, 1.165) is 55.8 Å². The number of rotatable bonds is 8. The van der Waals surface area contributed by atoms with Crippen molar-refractivity contribution in [3.05, 3.63) is 107 Å². The fraction of sp³-hybridized carbons (Fsp3) is 0.366. The van der Waals surface area contributed by atoms with E-state index in [1.54, 1.807) is 40.1 Å². The summed E-state index contributed by atoms with van der Waals surface area (Å²) in [5.74, 6) is 1.55. The van der Waals surface area contributed by atoms with Crippen LogP contribution in [-0.4, -0.2) is 91.7 Å². The minimum atomic E-state index is -0.201. The SMILES string of the molecule is Cn1cnnc1CN(C(=O)c1cc(-c2cc3c(cc2C(=O)N2Cc4ccccc4C[C@H]2CN2CCOCC2)OCO3)n2c1CCCC2)c1ccc(O)cc1. The van der Waals surface area contributed by atoms with Crippen molar-refractivity contribution in [2.75, 3.05) is 44.5 Å². The van der Waals surface area contributed by atoms with E-state index in [-0.39, 0.29) is 36.9 Å². The number of aryl methyl sites for hydroxylation is 1. The van der Waals surface area contributed by atoms with Crippen molar-refractivity contribution in [1.29, 1.82) is 0 Å². The second-order valence-corrected chi connectivity index (χ2v) is 14.5. The lowest BCUT2D eigenvalue weighted by molar-refractivity contribution is 0.0193. The lowest BCUT2D eigenvalue weighted by Gasteiger charge is -2.40. The van der Waals surface area contributed by atoms with E-state index in [0.29, 0.717) is 72.4 Å². The maximum absolute atomic E-state index is 15.2. The van der Waals surface area contributed by atoms with Gasteiger partial charge in [0.25, 0.3) is 11.8 Å². The van der Waals surface area contributed by atoms with Gasteiger partial charge >= 0.3 is 0 Å². The number of ether oxygens (including phenoxy) is 3. The van der Waals surface area contributed by atoms with Gasteiger partial charge in [-0.25, -0.2) is 0 Å². The molecule has 1 N–H and O–H groups in total. The Morgan fingerprint density at radius 2 is 1.70 bits per heavy atom. The Morgan fingerprint density at radius 1 is 0.926 bits per heavy atom. The van der Waals surface area contributed by atoms with Gasteiger partial charge in [0.15, 0.2) is 17.3 Å². The number of phenols is 1. The number of carbonyl (C=O) groups excluding carboxylic acids is 2. The monoisotopic (exact) mass is 729 g/mol. The molecule has 278 valence electrons. The molecule has 4 aliphatic heterocycles. The molecule has 0 aliphatic carbocycles. The molecule has 3 aromatic carbocycles. The summed E-state index contributed by atoms with van der Waals surface area (Å²) in [6.07, 6.45) is 4.97. The Balaban J connectivity index is 1.14. The standard InChI is InChI=1S/C41H43N7O6/c1-44-25-42-43-39(44)24-48(29-9-11-31(49)12-10-29)41(51)34-19-36(46-13-5-4-8-35(34)46)32-20-37-38(54-26-53-37)21-33(32)40(50)47-22-28-7-3-2-6-27(28)18-30(47)23-45-14-16-52-17-15-45/h2-3,6-7,9-12,19-21,25,30,49H,4-5,8,13-18,22-24,26H2,1H3/t30-/m0/s1. The van der Waals surface area contributed by atoms with E-state index in [9.17, 15) is 9.90 Å². The molecule has 0 saturated carbocycles. The largest absolute Gasteiger partial charge is 0.508 e. The average Bonchev–Trinajstić information content (AvgIpc) is 3.94. The van der Waals surface area contributed by atoms with Crippen LogP contribution in [0.2, 0.25) is 0 Å². The van der Waals surface area contributed by atoms with Crippen LogP contribution >= 0.6 is 0 Å². The summed E-state index contributed by atoms with van der Waals surface area (Å²) in [6.45, 7) is 5.25. The molecule has 13 heteroatoms. The molecule has 2 amide bonds. The first kappa shape index (κ1) is 34.1. The second-order valence-electron chi connectivity index (χ2n) is 14.5.